The zero-order valence-electron chi connectivity index (χ0n) is 17.6. The normalized spacial score (nSPS) is 16.5. The fourth-order valence-electron chi connectivity index (χ4n) is 4.41. The predicted molar refractivity (Wildman–Crippen MR) is 119 cm³/mol. The summed E-state index contributed by atoms with van der Waals surface area (Å²) < 4.78 is 0. The van der Waals surface area contributed by atoms with Crippen LogP contribution in [0.1, 0.15) is 24.8 Å². The van der Waals surface area contributed by atoms with Crippen molar-refractivity contribution < 1.29 is 4.79 Å². The van der Waals surface area contributed by atoms with E-state index in [4.69, 9.17) is 0 Å². The Kier molecular flexibility index (Phi) is 4.43. The number of aromatic nitrogens is 3. The van der Waals surface area contributed by atoms with E-state index < -0.39 is 0 Å². The van der Waals surface area contributed by atoms with Crippen LogP contribution in [0.15, 0.2) is 36.8 Å². The van der Waals surface area contributed by atoms with Gasteiger partial charge in [-0.2, -0.15) is 0 Å². The minimum Gasteiger partial charge on any atom is -0.354 e. The molecule has 1 N–H and O–H groups in total. The van der Waals surface area contributed by atoms with Crippen LogP contribution in [0, 0.1) is 0 Å². The average molecular weight is 403 g/mol. The van der Waals surface area contributed by atoms with Crippen molar-refractivity contribution in [3.8, 4) is 11.1 Å². The second-order valence-electron chi connectivity index (χ2n) is 8.58. The molecular formula is C23H26N6O. The summed E-state index contributed by atoms with van der Waals surface area (Å²) in [6.07, 6.45) is 8.41. The van der Waals surface area contributed by atoms with Gasteiger partial charge in [-0.1, -0.05) is 6.07 Å². The van der Waals surface area contributed by atoms with E-state index in [1.165, 1.54) is 0 Å². The molecule has 3 aromatic rings. The molecule has 0 bridgehead atoms. The monoisotopic (exact) mass is 402 g/mol. The van der Waals surface area contributed by atoms with Gasteiger partial charge in [-0.05, 0) is 57.6 Å². The number of carbonyl (C=O) groups excluding carboxylic acids is 1. The molecule has 0 saturated heterocycles. The second-order valence-corrected chi connectivity index (χ2v) is 8.58. The SMILES string of the molecule is CN(C)CCCNc1ncc(-c2ccc3ncc4c(c3c2)C2(CC2)C(=O)N4C)cn1. The quantitative estimate of drug-likeness (QED) is 0.639. The number of likely N-dealkylation sites (N-methyl/N-ethyl adjacent to an activating group) is 1. The Morgan fingerprint density at radius 1 is 1.10 bits per heavy atom. The summed E-state index contributed by atoms with van der Waals surface area (Å²) >= 11 is 0. The van der Waals surface area contributed by atoms with Crippen LogP contribution in [0.5, 0.6) is 0 Å². The molecule has 3 heterocycles. The van der Waals surface area contributed by atoms with Crippen molar-refractivity contribution in [2.75, 3.05) is 44.4 Å². The van der Waals surface area contributed by atoms with Crippen molar-refractivity contribution in [2.24, 2.45) is 0 Å². The van der Waals surface area contributed by atoms with Gasteiger partial charge in [0, 0.05) is 42.5 Å². The van der Waals surface area contributed by atoms with Crippen molar-refractivity contribution in [2.45, 2.75) is 24.7 Å². The molecule has 1 amide bonds. The maximum absolute atomic E-state index is 12.8. The smallest absolute Gasteiger partial charge is 0.237 e. The number of hydrogen-bond acceptors (Lipinski definition) is 6. The molecule has 1 spiro atoms. The number of pyridine rings is 1. The molecule has 2 aliphatic rings. The summed E-state index contributed by atoms with van der Waals surface area (Å²) in [5.74, 6) is 0.843. The summed E-state index contributed by atoms with van der Waals surface area (Å²) in [6, 6.07) is 6.21. The van der Waals surface area contributed by atoms with Crippen LogP contribution in [0.25, 0.3) is 22.0 Å². The van der Waals surface area contributed by atoms with Gasteiger partial charge in [0.05, 0.1) is 22.8 Å². The van der Waals surface area contributed by atoms with Gasteiger partial charge in [0.1, 0.15) is 0 Å². The zero-order chi connectivity index (χ0) is 20.9. The molecule has 154 valence electrons. The van der Waals surface area contributed by atoms with Crippen LogP contribution in [-0.4, -0.2) is 60.0 Å². The maximum atomic E-state index is 12.8. The zero-order valence-corrected chi connectivity index (χ0v) is 17.6. The van der Waals surface area contributed by atoms with Crippen LogP contribution < -0.4 is 10.2 Å². The largest absolute Gasteiger partial charge is 0.354 e. The van der Waals surface area contributed by atoms with Gasteiger partial charge in [0.15, 0.2) is 0 Å². The molecule has 30 heavy (non-hydrogen) atoms. The van der Waals surface area contributed by atoms with Crippen LogP contribution in [0.3, 0.4) is 0 Å². The number of carbonyl (C=O) groups is 1. The Morgan fingerprint density at radius 2 is 1.87 bits per heavy atom. The van der Waals surface area contributed by atoms with Gasteiger partial charge in [0.25, 0.3) is 0 Å². The van der Waals surface area contributed by atoms with Gasteiger partial charge in [-0.25, -0.2) is 9.97 Å². The number of amides is 1. The Morgan fingerprint density at radius 3 is 2.57 bits per heavy atom. The van der Waals surface area contributed by atoms with E-state index in [0.717, 1.165) is 65.6 Å². The third kappa shape index (κ3) is 3.01. The van der Waals surface area contributed by atoms with E-state index in [1.54, 1.807) is 4.90 Å². The molecular weight excluding hydrogens is 376 g/mol. The number of rotatable bonds is 6. The lowest BCUT2D eigenvalue weighted by atomic mass is 9.92. The first-order chi connectivity index (χ1) is 14.5. The van der Waals surface area contributed by atoms with Crippen LogP contribution in [0.2, 0.25) is 0 Å². The third-order valence-electron chi connectivity index (χ3n) is 6.20. The first-order valence-electron chi connectivity index (χ1n) is 10.4. The minimum absolute atomic E-state index is 0.199. The first kappa shape index (κ1) is 18.9. The molecule has 1 aliphatic heterocycles. The topological polar surface area (TPSA) is 74.2 Å². The first-order valence-corrected chi connectivity index (χ1v) is 10.4. The number of anilines is 2. The summed E-state index contributed by atoms with van der Waals surface area (Å²) in [6.45, 7) is 1.87. The molecule has 1 aromatic carbocycles. The molecule has 7 nitrogen and oxygen atoms in total. The summed E-state index contributed by atoms with van der Waals surface area (Å²) in [5.41, 5.74) is 4.66. The van der Waals surface area contributed by atoms with Crippen molar-refractivity contribution in [1.82, 2.24) is 19.9 Å². The van der Waals surface area contributed by atoms with Crippen molar-refractivity contribution in [3.63, 3.8) is 0 Å². The highest BCUT2D eigenvalue weighted by Crippen LogP contribution is 2.58. The lowest BCUT2D eigenvalue weighted by Gasteiger charge is -2.12. The van der Waals surface area contributed by atoms with Crippen LogP contribution in [0.4, 0.5) is 11.6 Å². The highest BCUT2D eigenvalue weighted by molar-refractivity contribution is 6.14. The van der Waals surface area contributed by atoms with E-state index in [9.17, 15) is 4.79 Å². The van der Waals surface area contributed by atoms with Gasteiger partial charge in [-0.3, -0.25) is 9.78 Å². The number of hydrogen-bond donors (Lipinski definition) is 1. The van der Waals surface area contributed by atoms with Crippen molar-refractivity contribution >= 4 is 28.4 Å². The standard InChI is InChI=1S/C23H26N6O/c1-28(2)10-4-9-24-22-26-12-16(13-27-22)15-5-6-18-17(11-15)20-19(14-25-18)29(3)21(30)23(20)7-8-23/h5-6,11-14H,4,7-10H2,1-3H3,(H,24,26,27). The van der Waals surface area contributed by atoms with Gasteiger partial charge in [-0.15, -0.1) is 0 Å². The fraction of sp³-hybridized carbons (Fsp3) is 0.391. The van der Waals surface area contributed by atoms with Crippen LogP contribution >= 0.6 is 0 Å². The summed E-state index contributed by atoms with van der Waals surface area (Å²) in [4.78, 5) is 30.3. The number of nitrogens with zero attached hydrogens (tertiary/aromatic N) is 5. The van der Waals surface area contributed by atoms with Crippen LogP contribution in [-0.2, 0) is 10.2 Å². The molecule has 5 rings (SSSR count). The minimum atomic E-state index is -0.333. The highest BCUT2D eigenvalue weighted by Gasteiger charge is 2.59. The van der Waals surface area contributed by atoms with Crippen molar-refractivity contribution in [3.05, 3.63) is 42.4 Å². The molecule has 1 aliphatic carbocycles. The number of benzene rings is 1. The van der Waals surface area contributed by atoms with Gasteiger partial charge < -0.3 is 15.1 Å². The van der Waals surface area contributed by atoms with E-state index in [-0.39, 0.29) is 11.3 Å². The van der Waals surface area contributed by atoms with E-state index >= 15 is 0 Å². The average Bonchev–Trinajstić information content (AvgIpc) is 3.53. The highest BCUT2D eigenvalue weighted by atomic mass is 16.2. The summed E-state index contributed by atoms with van der Waals surface area (Å²) in [7, 11) is 5.99. The Hall–Kier alpha value is -3.06. The molecule has 1 fully saturated rings. The van der Waals surface area contributed by atoms with Crippen molar-refractivity contribution in [1.29, 1.82) is 0 Å². The second kappa shape index (κ2) is 7.02. The third-order valence-corrected chi connectivity index (χ3v) is 6.20. The Balaban J connectivity index is 1.44. The predicted octanol–water partition coefficient (Wildman–Crippen LogP) is 3.06. The van der Waals surface area contributed by atoms with E-state index in [0.29, 0.717) is 5.95 Å². The summed E-state index contributed by atoms with van der Waals surface area (Å²) in [5, 5.41) is 4.33. The molecule has 7 heteroatoms. The maximum Gasteiger partial charge on any atom is 0.237 e. The lowest BCUT2D eigenvalue weighted by Crippen LogP contribution is -2.28. The van der Waals surface area contributed by atoms with E-state index in [1.807, 2.05) is 37.8 Å². The van der Waals surface area contributed by atoms with Gasteiger partial charge >= 0.3 is 0 Å². The molecule has 0 unspecified atom stereocenters. The molecule has 2 aromatic heterocycles. The number of nitrogens with one attached hydrogen (secondary N) is 1. The molecule has 0 atom stereocenters. The molecule has 0 radical (unpaired) electrons. The lowest BCUT2D eigenvalue weighted by molar-refractivity contribution is -0.119. The molecule has 1 saturated carbocycles. The van der Waals surface area contributed by atoms with E-state index in [2.05, 4.69) is 45.3 Å². The Labute approximate surface area is 176 Å². The number of fused-ring (bicyclic) bond motifs is 4. The fourth-order valence-corrected chi connectivity index (χ4v) is 4.41. The van der Waals surface area contributed by atoms with Gasteiger partial charge in [0.2, 0.25) is 11.9 Å². The Bertz CT molecular complexity index is 1120.